The number of aromatic nitrogens is 3. The molecule has 7 nitrogen and oxygen atoms in total. The molecule has 0 unspecified atom stereocenters. The molecule has 0 atom stereocenters. The molecular weight excluding hydrogens is 338 g/mol. The van der Waals surface area contributed by atoms with Crippen molar-refractivity contribution in [3.8, 4) is 0 Å². The maximum absolute atomic E-state index is 12.2. The zero-order chi connectivity index (χ0) is 17.6. The van der Waals surface area contributed by atoms with Gasteiger partial charge in [-0.15, -0.1) is 11.3 Å². The van der Waals surface area contributed by atoms with Crippen LogP contribution in [0.5, 0.6) is 0 Å². The van der Waals surface area contributed by atoms with Crippen LogP contribution < -0.4 is 10.6 Å². The molecule has 2 aromatic heterocycles. The molecule has 0 radical (unpaired) electrons. The Hall–Kier alpha value is -3.00. The normalized spacial score (nSPS) is 10.4. The molecule has 3 rings (SSSR count). The van der Waals surface area contributed by atoms with E-state index < -0.39 is 0 Å². The van der Waals surface area contributed by atoms with Gasteiger partial charge in [0.15, 0.2) is 0 Å². The molecule has 0 spiro atoms. The number of nitrogens with one attached hydrogen (secondary N) is 2. The van der Waals surface area contributed by atoms with Gasteiger partial charge in [-0.2, -0.15) is 5.10 Å². The van der Waals surface area contributed by atoms with Crippen LogP contribution in [0.1, 0.15) is 27.7 Å². The molecule has 2 N–H and O–H groups in total. The van der Waals surface area contributed by atoms with E-state index in [1.165, 1.54) is 24.6 Å². The van der Waals surface area contributed by atoms with Crippen molar-refractivity contribution in [1.29, 1.82) is 0 Å². The molecule has 0 saturated carbocycles. The Bertz CT molecular complexity index is 856. The number of amides is 2. The molecular formula is C17H17N5O2S. The first-order valence-electron chi connectivity index (χ1n) is 7.66. The van der Waals surface area contributed by atoms with Crippen LogP contribution in [0.4, 0.5) is 5.00 Å². The lowest BCUT2D eigenvalue weighted by Gasteiger charge is -2.06. The Morgan fingerprint density at radius 2 is 1.88 bits per heavy atom. The summed E-state index contributed by atoms with van der Waals surface area (Å²) in [7, 11) is 0. The third-order valence-electron chi connectivity index (χ3n) is 3.42. The summed E-state index contributed by atoms with van der Waals surface area (Å²) >= 11 is 1.25. The van der Waals surface area contributed by atoms with Crippen molar-refractivity contribution in [3.05, 3.63) is 65.1 Å². The predicted molar refractivity (Wildman–Crippen MR) is 95.4 cm³/mol. The minimum atomic E-state index is -0.159. The number of thiophene rings is 1. The van der Waals surface area contributed by atoms with Crippen molar-refractivity contribution in [1.82, 2.24) is 20.1 Å². The molecule has 8 heteroatoms. The van der Waals surface area contributed by atoms with Crippen molar-refractivity contribution in [2.45, 2.75) is 20.0 Å². The number of benzene rings is 1. The molecule has 2 heterocycles. The van der Waals surface area contributed by atoms with Crippen molar-refractivity contribution < 1.29 is 9.59 Å². The molecule has 1 aromatic carbocycles. The average Bonchev–Trinajstić information content (AvgIpc) is 3.25. The van der Waals surface area contributed by atoms with Crippen LogP contribution in [0.25, 0.3) is 0 Å². The quantitative estimate of drug-likeness (QED) is 0.710. The zero-order valence-corrected chi connectivity index (χ0v) is 14.4. The standard InChI is InChI=1S/C17H17N5O2S/c1-12(23)21-16-7-6-15(25-16)17(24)19-8-13-2-4-14(5-3-13)9-22-11-18-10-20-22/h2-7,10-11H,8-9H2,1H3,(H,19,24)(H,21,23). The van der Waals surface area contributed by atoms with E-state index in [-0.39, 0.29) is 11.8 Å². The van der Waals surface area contributed by atoms with Gasteiger partial charge in [0.1, 0.15) is 12.7 Å². The lowest BCUT2D eigenvalue weighted by Crippen LogP contribution is -2.21. The smallest absolute Gasteiger partial charge is 0.261 e. The molecule has 0 aliphatic rings. The lowest BCUT2D eigenvalue weighted by molar-refractivity contribution is -0.114. The lowest BCUT2D eigenvalue weighted by atomic mass is 10.1. The van der Waals surface area contributed by atoms with Crippen molar-refractivity contribution in [2.24, 2.45) is 0 Å². The van der Waals surface area contributed by atoms with Crippen LogP contribution in [-0.2, 0) is 17.9 Å². The Balaban J connectivity index is 1.53. The van der Waals surface area contributed by atoms with Crippen LogP contribution >= 0.6 is 11.3 Å². The van der Waals surface area contributed by atoms with E-state index in [1.807, 2.05) is 24.3 Å². The highest BCUT2D eigenvalue weighted by Gasteiger charge is 2.09. The second-order valence-corrected chi connectivity index (χ2v) is 6.52. The van der Waals surface area contributed by atoms with Gasteiger partial charge in [-0.05, 0) is 23.3 Å². The topological polar surface area (TPSA) is 88.9 Å². The molecule has 0 fully saturated rings. The number of hydrogen-bond acceptors (Lipinski definition) is 5. The number of nitrogens with zero attached hydrogens (tertiary/aromatic N) is 3. The van der Waals surface area contributed by atoms with Gasteiger partial charge in [0.25, 0.3) is 5.91 Å². The van der Waals surface area contributed by atoms with E-state index in [9.17, 15) is 9.59 Å². The number of anilines is 1. The fourth-order valence-corrected chi connectivity index (χ4v) is 3.10. The van der Waals surface area contributed by atoms with Gasteiger partial charge in [0.05, 0.1) is 16.4 Å². The minimum absolute atomic E-state index is 0.153. The molecule has 0 aliphatic heterocycles. The summed E-state index contributed by atoms with van der Waals surface area (Å²) in [5, 5.41) is 10.3. The molecule has 0 aliphatic carbocycles. The van der Waals surface area contributed by atoms with Crippen LogP contribution in [-0.4, -0.2) is 26.6 Å². The highest BCUT2D eigenvalue weighted by molar-refractivity contribution is 7.18. The monoisotopic (exact) mass is 355 g/mol. The van der Waals surface area contributed by atoms with Gasteiger partial charge in [-0.3, -0.25) is 9.59 Å². The summed E-state index contributed by atoms with van der Waals surface area (Å²) in [6.07, 6.45) is 3.18. The second kappa shape index (κ2) is 7.71. The van der Waals surface area contributed by atoms with E-state index in [2.05, 4.69) is 20.7 Å². The average molecular weight is 355 g/mol. The summed E-state index contributed by atoms with van der Waals surface area (Å²) in [4.78, 5) is 27.7. The van der Waals surface area contributed by atoms with Gasteiger partial charge in [-0.25, -0.2) is 9.67 Å². The molecule has 128 valence electrons. The van der Waals surface area contributed by atoms with Crippen LogP contribution in [0, 0.1) is 0 Å². The summed E-state index contributed by atoms with van der Waals surface area (Å²) < 4.78 is 1.75. The Kier molecular flexibility index (Phi) is 5.20. The summed E-state index contributed by atoms with van der Waals surface area (Å²) in [6.45, 7) is 2.54. The third kappa shape index (κ3) is 4.74. The van der Waals surface area contributed by atoms with E-state index in [4.69, 9.17) is 0 Å². The van der Waals surface area contributed by atoms with Gasteiger partial charge in [0.2, 0.25) is 5.91 Å². The van der Waals surface area contributed by atoms with Gasteiger partial charge < -0.3 is 10.6 Å². The van der Waals surface area contributed by atoms with E-state index >= 15 is 0 Å². The Morgan fingerprint density at radius 3 is 2.56 bits per heavy atom. The first-order chi connectivity index (χ1) is 12.1. The first kappa shape index (κ1) is 16.8. The summed E-state index contributed by atoms with van der Waals surface area (Å²) in [5.41, 5.74) is 2.12. The maximum atomic E-state index is 12.2. The molecule has 25 heavy (non-hydrogen) atoms. The fourth-order valence-electron chi connectivity index (χ4n) is 2.23. The molecule has 2 amide bonds. The summed E-state index contributed by atoms with van der Waals surface area (Å²) in [6, 6.07) is 11.4. The largest absolute Gasteiger partial charge is 0.347 e. The van der Waals surface area contributed by atoms with E-state index in [0.717, 1.165) is 11.1 Å². The van der Waals surface area contributed by atoms with Crippen LogP contribution in [0.15, 0.2) is 49.1 Å². The first-order valence-corrected chi connectivity index (χ1v) is 8.47. The van der Waals surface area contributed by atoms with Crippen LogP contribution in [0.3, 0.4) is 0 Å². The van der Waals surface area contributed by atoms with Gasteiger partial charge >= 0.3 is 0 Å². The van der Waals surface area contributed by atoms with E-state index in [0.29, 0.717) is 23.0 Å². The number of carbonyl (C=O) groups is 2. The molecule has 0 saturated heterocycles. The second-order valence-electron chi connectivity index (χ2n) is 5.44. The van der Waals surface area contributed by atoms with Crippen molar-refractivity contribution in [3.63, 3.8) is 0 Å². The van der Waals surface area contributed by atoms with Gasteiger partial charge in [-0.1, -0.05) is 24.3 Å². The minimum Gasteiger partial charge on any atom is -0.347 e. The summed E-state index contributed by atoms with van der Waals surface area (Å²) in [5.74, 6) is -0.312. The highest BCUT2D eigenvalue weighted by Crippen LogP contribution is 2.21. The number of hydrogen-bond donors (Lipinski definition) is 2. The van der Waals surface area contributed by atoms with Gasteiger partial charge in [0, 0.05) is 13.5 Å². The van der Waals surface area contributed by atoms with Crippen molar-refractivity contribution in [2.75, 3.05) is 5.32 Å². The molecule has 0 bridgehead atoms. The third-order valence-corrected chi connectivity index (χ3v) is 4.42. The Morgan fingerprint density at radius 1 is 1.12 bits per heavy atom. The fraction of sp³-hybridized carbons (Fsp3) is 0.176. The van der Waals surface area contributed by atoms with Crippen molar-refractivity contribution >= 4 is 28.2 Å². The highest BCUT2D eigenvalue weighted by atomic mass is 32.1. The molecule has 3 aromatic rings. The van der Waals surface area contributed by atoms with E-state index in [1.54, 1.807) is 23.1 Å². The SMILES string of the molecule is CC(=O)Nc1ccc(C(=O)NCc2ccc(Cn3cncn3)cc2)s1. The maximum Gasteiger partial charge on any atom is 0.261 e. The van der Waals surface area contributed by atoms with Crippen LogP contribution in [0.2, 0.25) is 0 Å². The zero-order valence-electron chi connectivity index (χ0n) is 13.6. The Labute approximate surface area is 148 Å². The number of rotatable bonds is 6. The number of carbonyl (C=O) groups excluding carboxylic acids is 2. The predicted octanol–water partition coefficient (Wildman–Crippen LogP) is 2.28.